The Labute approximate surface area is 178 Å². The van der Waals surface area contributed by atoms with E-state index < -0.39 is 16.6 Å². The van der Waals surface area contributed by atoms with E-state index in [9.17, 15) is 13.2 Å². The summed E-state index contributed by atoms with van der Waals surface area (Å²) < 4.78 is 22.1. The molecule has 162 valence electrons. The van der Waals surface area contributed by atoms with Crippen LogP contribution >= 0.6 is 0 Å². The normalized spacial score (nSPS) is 18.0. The Bertz CT molecular complexity index is 998. The van der Waals surface area contributed by atoms with Crippen molar-refractivity contribution in [2.24, 2.45) is 11.7 Å². The van der Waals surface area contributed by atoms with Crippen molar-refractivity contribution < 1.29 is 13.2 Å². The minimum absolute atomic E-state index is 0.0686. The van der Waals surface area contributed by atoms with Crippen LogP contribution in [0.3, 0.4) is 0 Å². The molecule has 0 spiro atoms. The van der Waals surface area contributed by atoms with Gasteiger partial charge in [0.25, 0.3) is 5.91 Å². The number of rotatable bonds is 8. The molecule has 0 saturated carbocycles. The number of anilines is 2. The topological polar surface area (TPSA) is 118 Å². The summed E-state index contributed by atoms with van der Waals surface area (Å²) in [5, 5.41) is 3.26. The standard InChI is InChI=1S/C21H29N5O3S/c1-14-9-10-16(19(22)27)20(24-14)26-13-15(12-21(26,2)3)6-5-11-23-17-7-4-8-18(25-17)30(28)29/h4,7-10,15,30H,5-6,11-13H2,1-3H3,(H2,22,27)(H,23,25)/t15-/m0/s1. The zero-order chi connectivity index (χ0) is 21.9. The number of nitrogens with zero attached hydrogens (tertiary/aromatic N) is 3. The second-order valence-corrected chi connectivity index (χ2v) is 9.36. The monoisotopic (exact) mass is 431 g/mol. The van der Waals surface area contributed by atoms with Gasteiger partial charge in [0.15, 0.2) is 15.7 Å². The number of thiol groups is 1. The fraction of sp³-hybridized carbons (Fsp3) is 0.476. The Morgan fingerprint density at radius 1 is 1.27 bits per heavy atom. The third kappa shape index (κ3) is 5.08. The molecule has 0 radical (unpaired) electrons. The van der Waals surface area contributed by atoms with Crippen LogP contribution in [0.1, 0.15) is 49.2 Å². The van der Waals surface area contributed by atoms with Gasteiger partial charge >= 0.3 is 0 Å². The van der Waals surface area contributed by atoms with E-state index in [0.717, 1.165) is 31.5 Å². The highest BCUT2D eigenvalue weighted by Crippen LogP contribution is 2.39. The molecule has 1 amide bonds. The number of nitrogens with one attached hydrogen (secondary N) is 1. The first-order valence-electron chi connectivity index (χ1n) is 10.1. The van der Waals surface area contributed by atoms with Gasteiger partial charge in [0.1, 0.15) is 11.6 Å². The summed E-state index contributed by atoms with van der Waals surface area (Å²) >= 11 is 0. The van der Waals surface area contributed by atoms with Crippen molar-refractivity contribution in [3.05, 3.63) is 41.6 Å². The molecule has 3 heterocycles. The molecule has 0 bridgehead atoms. The zero-order valence-electron chi connectivity index (χ0n) is 17.6. The number of aromatic nitrogens is 2. The fourth-order valence-electron chi connectivity index (χ4n) is 4.12. The highest BCUT2D eigenvalue weighted by Gasteiger charge is 2.40. The summed E-state index contributed by atoms with van der Waals surface area (Å²) in [6, 6.07) is 8.48. The van der Waals surface area contributed by atoms with Crippen molar-refractivity contribution in [1.29, 1.82) is 0 Å². The van der Waals surface area contributed by atoms with Crippen molar-refractivity contribution in [3.8, 4) is 0 Å². The molecule has 1 aliphatic heterocycles. The molecule has 2 aromatic rings. The van der Waals surface area contributed by atoms with E-state index in [1.165, 1.54) is 6.07 Å². The van der Waals surface area contributed by atoms with E-state index in [0.29, 0.717) is 29.7 Å². The van der Waals surface area contributed by atoms with Crippen LogP contribution in [0.25, 0.3) is 0 Å². The van der Waals surface area contributed by atoms with Crippen LogP contribution in [0.5, 0.6) is 0 Å². The van der Waals surface area contributed by atoms with Gasteiger partial charge in [-0.15, -0.1) is 0 Å². The summed E-state index contributed by atoms with van der Waals surface area (Å²) in [6.07, 6.45) is 2.92. The number of amides is 1. The molecular weight excluding hydrogens is 402 g/mol. The van der Waals surface area contributed by atoms with Crippen molar-refractivity contribution in [2.75, 3.05) is 23.3 Å². The number of carbonyl (C=O) groups is 1. The maximum Gasteiger partial charge on any atom is 0.252 e. The number of primary amides is 1. The van der Waals surface area contributed by atoms with Crippen molar-refractivity contribution in [2.45, 2.75) is 50.6 Å². The van der Waals surface area contributed by atoms with Crippen LogP contribution in [-0.2, 0) is 10.7 Å². The van der Waals surface area contributed by atoms with Crippen LogP contribution < -0.4 is 16.0 Å². The smallest absolute Gasteiger partial charge is 0.252 e. The van der Waals surface area contributed by atoms with Gasteiger partial charge in [0, 0.05) is 24.3 Å². The summed E-state index contributed by atoms with van der Waals surface area (Å²) in [5.41, 5.74) is 6.77. The average molecular weight is 432 g/mol. The first kappa shape index (κ1) is 22.0. The van der Waals surface area contributed by atoms with E-state index in [-0.39, 0.29) is 10.6 Å². The summed E-state index contributed by atoms with van der Waals surface area (Å²) in [5.74, 6) is 1.23. The highest BCUT2D eigenvalue weighted by molar-refractivity contribution is 7.72. The maximum atomic E-state index is 11.9. The molecule has 0 unspecified atom stereocenters. The molecular formula is C21H29N5O3S. The van der Waals surface area contributed by atoms with Gasteiger partial charge in [-0.05, 0) is 70.2 Å². The lowest BCUT2D eigenvalue weighted by Gasteiger charge is -2.33. The van der Waals surface area contributed by atoms with E-state index in [1.54, 1.807) is 18.2 Å². The van der Waals surface area contributed by atoms with Gasteiger partial charge in [-0.3, -0.25) is 4.79 Å². The largest absolute Gasteiger partial charge is 0.370 e. The SMILES string of the molecule is Cc1ccc(C(N)=O)c(N2C[C@@H](CCCNc3cccc([SH](=O)=O)n3)CC2(C)C)n1. The third-order valence-electron chi connectivity index (χ3n) is 5.51. The predicted octanol–water partition coefficient (Wildman–Crippen LogP) is 2.35. The maximum absolute atomic E-state index is 11.9. The molecule has 0 aliphatic carbocycles. The molecule has 2 aromatic heterocycles. The molecule has 3 rings (SSSR count). The summed E-state index contributed by atoms with van der Waals surface area (Å²) in [6.45, 7) is 7.76. The number of aryl methyl sites for hydroxylation is 1. The first-order valence-corrected chi connectivity index (χ1v) is 11.3. The predicted molar refractivity (Wildman–Crippen MR) is 118 cm³/mol. The number of pyridine rings is 2. The Balaban J connectivity index is 1.60. The quantitative estimate of drug-likeness (QED) is 0.434. The summed E-state index contributed by atoms with van der Waals surface area (Å²) in [4.78, 5) is 22.8. The lowest BCUT2D eigenvalue weighted by molar-refractivity contribution is 0.100. The molecule has 1 saturated heterocycles. The Morgan fingerprint density at radius 3 is 2.73 bits per heavy atom. The van der Waals surface area contributed by atoms with Crippen LogP contribution in [0.15, 0.2) is 35.4 Å². The van der Waals surface area contributed by atoms with E-state index >= 15 is 0 Å². The fourth-order valence-corrected chi connectivity index (χ4v) is 4.52. The van der Waals surface area contributed by atoms with Crippen LogP contribution in [0.4, 0.5) is 11.6 Å². The van der Waals surface area contributed by atoms with Gasteiger partial charge in [0.05, 0.1) is 5.56 Å². The number of nitrogens with two attached hydrogens (primary N) is 1. The second kappa shape index (κ2) is 8.99. The Kier molecular flexibility index (Phi) is 6.60. The molecule has 0 aromatic carbocycles. The number of carbonyl (C=O) groups excluding carboxylic acids is 1. The first-order chi connectivity index (χ1) is 14.2. The molecule has 1 atom stereocenters. The zero-order valence-corrected chi connectivity index (χ0v) is 18.5. The van der Waals surface area contributed by atoms with Gasteiger partial charge in [-0.1, -0.05) is 6.07 Å². The van der Waals surface area contributed by atoms with Gasteiger partial charge in [-0.2, -0.15) is 0 Å². The molecule has 3 N–H and O–H groups in total. The number of hydrogen-bond donors (Lipinski definition) is 3. The minimum Gasteiger partial charge on any atom is -0.370 e. The lowest BCUT2D eigenvalue weighted by atomic mass is 9.93. The average Bonchev–Trinajstić information content (AvgIpc) is 2.99. The molecule has 1 aliphatic rings. The van der Waals surface area contributed by atoms with Crippen LogP contribution in [0.2, 0.25) is 0 Å². The minimum atomic E-state index is -2.68. The van der Waals surface area contributed by atoms with Crippen molar-refractivity contribution in [3.63, 3.8) is 0 Å². The van der Waals surface area contributed by atoms with Crippen molar-refractivity contribution in [1.82, 2.24) is 9.97 Å². The van der Waals surface area contributed by atoms with E-state index in [2.05, 4.69) is 34.0 Å². The molecule has 8 nitrogen and oxygen atoms in total. The van der Waals surface area contributed by atoms with Crippen molar-refractivity contribution >= 4 is 28.2 Å². The third-order valence-corrected chi connectivity index (χ3v) is 6.14. The lowest BCUT2D eigenvalue weighted by Crippen LogP contribution is -2.40. The summed E-state index contributed by atoms with van der Waals surface area (Å²) in [7, 11) is -2.68. The molecule has 9 heteroatoms. The number of hydrogen-bond acceptors (Lipinski definition) is 7. The Morgan fingerprint density at radius 2 is 2.03 bits per heavy atom. The second-order valence-electron chi connectivity index (χ2n) is 8.39. The molecule has 1 fully saturated rings. The highest BCUT2D eigenvalue weighted by atomic mass is 32.2. The molecule has 30 heavy (non-hydrogen) atoms. The van der Waals surface area contributed by atoms with E-state index in [1.807, 2.05) is 13.0 Å². The van der Waals surface area contributed by atoms with Crippen LogP contribution in [-0.4, -0.2) is 42.9 Å². The Hall–Kier alpha value is -2.68. The van der Waals surface area contributed by atoms with Gasteiger partial charge in [-0.25, -0.2) is 18.4 Å². The van der Waals surface area contributed by atoms with Gasteiger partial charge < -0.3 is 16.0 Å². The van der Waals surface area contributed by atoms with Gasteiger partial charge in [0.2, 0.25) is 0 Å². The van der Waals surface area contributed by atoms with Crippen LogP contribution in [0, 0.1) is 12.8 Å². The van der Waals surface area contributed by atoms with E-state index in [4.69, 9.17) is 5.73 Å².